The van der Waals surface area contributed by atoms with Gasteiger partial charge in [0.25, 0.3) is 0 Å². The number of hydrogen-bond acceptors (Lipinski definition) is 8. The molecule has 0 fully saturated rings. The van der Waals surface area contributed by atoms with Crippen LogP contribution in [0.1, 0.15) is 80.4 Å². The third-order valence-corrected chi connectivity index (χ3v) is 5.46. The van der Waals surface area contributed by atoms with Crippen molar-refractivity contribution in [2.24, 2.45) is 0 Å². The second-order valence-corrected chi connectivity index (χ2v) is 9.40. The fourth-order valence-corrected chi connectivity index (χ4v) is 3.55. The highest BCUT2D eigenvalue weighted by atomic mass is 16.6. The van der Waals surface area contributed by atoms with E-state index in [0.717, 1.165) is 5.56 Å². The molecule has 0 aliphatic rings. The van der Waals surface area contributed by atoms with Crippen LogP contribution >= 0.6 is 0 Å². The quantitative estimate of drug-likeness (QED) is 0.281. The maximum absolute atomic E-state index is 13.2. The zero-order valence-electron chi connectivity index (χ0n) is 23.9. The zero-order chi connectivity index (χ0) is 29.9. The van der Waals surface area contributed by atoms with E-state index in [9.17, 15) is 14.9 Å². The molecule has 1 aromatic heterocycles. The van der Waals surface area contributed by atoms with Crippen LogP contribution in [0, 0.1) is 29.6 Å². The van der Waals surface area contributed by atoms with Crippen molar-refractivity contribution in [1.29, 1.82) is 10.5 Å². The van der Waals surface area contributed by atoms with E-state index in [1.165, 1.54) is 18.2 Å². The van der Waals surface area contributed by atoms with Crippen LogP contribution in [-0.2, 0) is 22.6 Å². The fourth-order valence-electron chi connectivity index (χ4n) is 3.55. The summed E-state index contributed by atoms with van der Waals surface area (Å²) >= 11 is 0. The van der Waals surface area contributed by atoms with Crippen molar-refractivity contribution >= 4 is 17.7 Å². The lowest BCUT2D eigenvalue weighted by Gasteiger charge is -2.28. The number of anilines is 1. The second-order valence-electron chi connectivity index (χ2n) is 9.40. The number of nitriles is 2. The Morgan fingerprint density at radius 3 is 2.20 bits per heavy atom. The van der Waals surface area contributed by atoms with Crippen molar-refractivity contribution in [2.45, 2.75) is 67.7 Å². The molecule has 1 amide bonds. The molecular formula is C32H38N4O5. The monoisotopic (exact) mass is 558 g/mol. The van der Waals surface area contributed by atoms with Gasteiger partial charge in [-0.1, -0.05) is 33.4 Å². The number of pyridine rings is 1. The highest BCUT2D eigenvalue weighted by Crippen LogP contribution is 2.29. The van der Waals surface area contributed by atoms with Crippen LogP contribution in [0.2, 0.25) is 0 Å². The summed E-state index contributed by atoms with van der Waals surface area (Å²) in [6, 6.07) is 17.6. The van der Waals surface area contributed by atoms with Gasteiger partial charge in [-0.3, -0.25) is 4.90 Å². The summed E-state index contributed by atoms with van der Waals surface area (Å²) in [5.41, 5.74) is 2.63. The van der Waals surface area contributed by atoms with Crippen molar-refractivity contribution in [3.63, 3.8) is 0 Å². The SMILES string of the molecule is C.CC.COC(=O)c1ncc(CN(C(=O)OC(C)(C)C)c2ccc(C#N)cc2)c(C)c1OCc1cccc(C#N)c1. The number of nitrogens with zero attached hydrogens (tertiary/aromatic N) is 4. The van der Waals surface area contributed by atoms with Gasteiger partial charge in [-0.15, -0.1) is 0 Å². The van der Waals surface area contributed by atoms with E-state index in [2.05, 4.69) is 17.1 Å². The van der Waals surface area contributed by atoms with Gasteiger partial charge in [0.05, 0.1) is 36.9 Å². The molecule has 2 aromatic carbocycles. The lowest BCUT2D eigenvalue weighted by Crippen LogP contribution is -2.36. The second kappa shape index (κ2) is 15.6. The van der Waals surface area contributed by atoms with E-state index in [4.69, 9.17) is 19.5 Å². The number of carbonyl (C=O) groups excluding carboxylic acids is 2. The van der Waals surface area contributed by atoms with Gasteiger partial charge in [-0.2, -0.15) is 10.5 Å². The molecule has 9 nitrogen and oxygen atoms in total. The highest BCUT2D eigenvalue weighted by Gasteiger charge is 2.26. The summed E-state index contributed by atoms with van der Waals surface area (Å²) in [7, 11) is 1.25. The standard InChI is InChI=1S/C29H28N4O5.C2H6.CH4/c1-19-23(17-33(28(35)38-29(2,3)4)24-11-9-20(14-30)10-12-24)16-32-25(27(34)36-5)26(19)37-18-22-8-6-7-21(13-22)15-31;1-2;/h6-13,16H,17-18H2,1-5H3;1-2H3;1H4. The van der Waals surface area contributed by atoms with Gasteiger partial charge in [-0.25, -0.2) is 14.6 Å². The van der Waals surface area contributed by atoms with Crippen LogP contribution in [0.15, 0.2) is 54.7 Å². The molecule has 0 radical (unpaired) electrons. The van der Waals surface area contributed by atoms with E-state index >= 15 is 0 Å². The summed E-state index contributed by atoms with van der Waals surface area (Å²) in [4.78, 5) is 31.4. The molecule has 3 aromatic rings. The van der Waals surface area contributed by atoms with E-state index < -0.39 is 17.7 Å². The number of hydrogen-bond donors (Lipinski definition) is 0. The topological polar surface area (TPSA) is 126 Å². The molecule has 41 heavy (non-hydrogen) atoms. The van der Waals surface area contributed by atoms with Gasteiger partial charge in [0.2, 0.25) is 0 Å². The summed E-state index contributed by atoms with van der Waals surface area (Å²) in [5, 5.41) is 18.3. The predicted octanol–water partition coefficient (Wildman–Crippen LogP) is 7.10. The number of amides is 1. The molecule has 0 unspecified atom stereocenters. The number of rotatable bonds is 7. The molecule has 0 saturated heterocycles. The third kappa shape index (κ3) is 9.36. The number of aromatic nitrogens is 1. The maximum atomic E-state index is 13.2. The lowest BCUT2D eigenvalue weighted by molar-refractivity contribution is 0.0569. The summed E-state index contributed by atoms with van der Waals surface area (Å²) < 4.78 is 16.6. The van der Waals surface area contributed by atoms with Gasteiger partial charge in [0, 0.05) is 17.4 Å². The van der Waals surface area contributed by atoms with Crippen LogP contribution in [0.4, 0.5) is 10.5 Å². The predicted molar refractivity (Wildman–Crippen MR) is 157 cm³/mol. The molecular weight excluding hydrogens is 520 g/mol. The summed E-state index contributed by atoms with van der Waals surface area (Å²) in [5.74, 6) is -0.461. The molecule has 0 aliphatic heterocycles. The number of ether oxygens (including phenoxy) is 3. The number of methoxy groups -OCH3 is 1. The molecule has 0 saturated carbocycles. The van der Waals surface area contributed by atoms with E-state index in [1.807, 2.05) is 13.8 Å². The van der Waals surface area contributed by atoms with Crippen LogP contribution in [0.5, 0.6) is 5.75 Å². The molecule has 0 aliphatic carbocycles. The minimum absolute atomic E-state index is 0. The number of benzene rings is 2. The van der Waals surface area contributed by atoms with Crippen molar-refractivity contribution in [1.82, 2.24) is 4.98 Å². The van der Waals surface area contributed by atoms with E-state index in [1.54, 1.807) is 76.2 Å². The Hall–Kier alpha value is -4.89. The Morgan fingerprint density at radius 1 is 1.00 bits per heavy atom. The van der Waals surface area contributed by atoms with Crippen molar-refractivity contribution in [3.8, 4) is 17.9 Å². The highest BCUT2D eigenvalue weighted by molar-refractivity contribution is 5.91. The first-order valence-electron chi connectivity index (χ1n) is 12.8. The van der Waals surface area contributed by atoms with Crippen LogP contribution < -0.4 is 9.64 Å². The van der Waals surface area contributed by atoms with E-state index in [0.29, 0.717) is 27.9 Å². The van der Waals surface area contributed by atoms with Crippen molar-refractivity contribution < 1.29 is 23.8 Å². The maximum Gasteiger partial charge on any atom is 0.415 e. The summed E-state index contributed by atoms with van der Waals surface area (Å²) in [6.45, 7) is 11.2. The minimum atomic E-state index is -0.740. The lowest BCUT2D eigenvalue weighted by atomic mass is 10.1. The third-order valence-electron chi connectivity index (χ3n) is 5.46. The summed E-state index contributed by atoms with van der Waals surface area (Å²) in [6.07, 6.45) is 0.903. The molecule has 0 N–H and O–H groups in total. The Morgan fingerprint density at radius 2 is 1.63 bits per heavy atom. The van der Waals surface area contributed by atoms with Crippen molar-refractivity contribution in [3.05, 3.63) is 88.2 Å². The molecule has 3 rings (SSSR count). The smallest absolute Gasteiger partial charge is 0.415 e. The average molecular weight is 559 g/mol. The van der Waals surface area contributed by atoms with Gasteiger partial charge in [-0.05, 0) is 75.2 Å². The van der Waals surface area contributed by atoms with Gasteiger partial charge < -0.3 is 14.2 Å². The van der Waals surface area contributed by atoms with Crippen LogP contribution in [0.25, 0.3) is 0 Å². The molecule has 216 valence electrons. The minimum Gasteiger partial charge on any atom is -0.486 e. The van der Waals surface area contributed by atoms with Crippen LogP contribution in [0.3, 0.4) is 0 Å². The first-order chi connectivity index (χ1) is 19.1. The first kappa shape index (κ1) is 34.1. The molecule has 0 spiro atoms. The van der Waals surface area contributed by atoms with E-state index in [-0.39, 0.29) is 32.0 Å². The zero-order valence-corrected chi connectivity index (χ0v) is 23.9. The molecule has 1 heterocycles. The Kier molecular flexibility index (Phi) is 13.0. The number of esters is 1. The van der Waals surface area contributed by atoms with Crippen molar-refractivity contribution in [2.75, 3.05) is 12.0 Å². The van der Waals surface area contributed by atoms with Gasteiger partial charge >= 0.3 is 12.1 Å². The van der Waals surface area contributed by atoms with Gasteiger partial charge in [0.15, 0.2) is 11.4 Å². The molecule has 0 bridgehead atoms. The average Bonchev–Trinajstić information content (AvgIpc) is 2.95. The Balaban J connectivity index is 0.00000274. The van der Waals surface area contributed by atoms with Gasteiger partial charge in [0.1, 0.15) is 12.2 Å². The number of carbonyl (C=O) groups is 2. The first-order valence-corrected chi connectivity index (χ1v) is 12.8. The molecule has 9 heteroatoms. The Labute approximate surface area is 242 Å². The molecule has 0 atom stereocenters. The normalized spacial score (nSPS) is 9.98. The Bertz CT molecular complexity index is 1410. The fraction of sp³-hybridized carbons (Fsp3) is 0.344. The van der Waals surface area contributed by atoms with Crippen LogP contribution in [-0.4, -0.2) is 29.8 Å². The largest absolute Gasteiger partial charge is 0.486 e.